The molecule has 1 N–H and O–H groups in total. The molecule has 1 unspecified atom stereocenters. The van der Waals surface area contributed by atoms with Crippen LogP contribution in [0.25, 0.3) is 16.6 Å². The topological polar surface area (TPSA) is 67.5 Å². The van der Waals surface area contributed by atoms with Crippen LogP contribution >= 0.6 is 0 Å². The lowest BCUT2D eigenvalue weighted by atomic mass is 9.69. The molecule has 2 aliphatic carbocycles. The van der Waals surface area contributed by atoms with E-state index in [1.807, 2.05) is 19.1 Å². The van der Waals surface area contributed by atoms with Crippen LogP contribution in [0.4, 0.5) is 29.3 Å². The minimum Gasteiger partial charge on any atom is -0.350 e. The highest BCUT2D eigenvalue weighted by molar-refractivity contribution is 5.97. The summed E-state index contributed by atoms with van der Waals surface area (Å²) in [6.45, 7) is 1.87. The Kier molecular flexibility index (Phi) is 3.98. The van der Waals surface area contributed by atoms with Gasteiger partial charge in [-0.2, -0.15) is 0 Å². The second kappa shape index (κ2) is 6.49. The Morgan fingerprint density at radius 3 is 2.50 bits per heavy atom. The fourth-order valence-corrected chi connectivity index (χ4v) is 5.10. The summed E-state index contributed by atoms with van der Waals surface area (Å²) < 4.78 is 54.7. The number of aliphatic imine (C=N–C) groups is 1. The molecule has 1 aliphatic heterocycles. The Balaban J connectivity index is 1.28. The first-order valence-electron chi connectivity index (χ1n) is 10.6. The van der Waals surface area contributed by atoms with Crippen molar-refractivity contribution in [3.8, 4) is 11.1 Å². The molecule has 0 saturated heterocycles. The minimum absolute atomic E-state index is 0.125. The summed E-state index contributed by atoms with van der Waals surface area (Å²) in [5.74, 6) is -4.59. The van der Waals surface area contributed by atoms with Gasteiger partial charge in [0, 0.05) is 72.4 Å². The van der Waals surface area contributed by atoms with Gasteiger partial charge in [0.25, 0.3) is 5.92 Å². The van der Waals surface area contributed by atoms with E-state index >= 15 is 0 Å². The second-order valence-corrected chi connectivity index (χ2v) is 9.14. The van der Waals surface area contributed by atoms with Gasteiger partial charge in [-0.25, -0.2) is 37.0 Å². The number of alkyl halides is 4. The van der Waals surface area contributed by atoms with E-state index in [1.165, 1.54) is 0 Å². The molecule has 32 heavy (non-hydrogen) atoms. The Bertz CT molecular complexity index is 1250. The zero-order chi connectivity index (χ0) is 22.3. The molecule has 10 heteroatoms. The van der Waals surface area contributed by atoms with Crippen LogP contribution in [0.15, 0.2) is 35.7 Å². The first-order valence-corrected chi connectivity index (χ1v) is 10.6. The average Bonchev–Trinajstić information content (AvgIpc) is 3.23. The van der Waals surface area contributed by atoms with Gasteiger partial charge >= 0.3 is 0 Å². The monoisotopic (exact) mass is 444 g/mol. The third-order valence-electron chi connectivity index (χ3n) is 6.71. The molecule has 166 valence electrons. The van der Waals surface area contributed by atoms with Gasteiger partial charge in [0.05, 0.1) is 11.7 Å². The number of fused-ring (bicyclic) bond motifs is 2. The van der Waals surface area contributed by atoms with E-state index in [-0.39, 0.29) is 43.6 Å². The van der Waals surface area contributed by atoms with Crippen LogP contribution in [0.3, 0.4) is 0 Å². The zero-order valence-electron chi connectivity index (χ0n) is 17.2. The summed E-state index contributed by atoms with van der Waals surface area (Å²) in [4.78, 5) is 13.3. The molecule has 2 saturated carbocycles. The van der Waals surface area contributed by atoms with Crippen molar-refractivity contribution in [3.63, 3.8) is 0 Å². The smallest absolute Gasteiger partial charge is 0.252 e. The van der Waals surface area contributed by atoms with Crippen molar-refractivity contribution in [2.45, 2.75) is 56.4 Å². The summed E-state index contributed by atoms with van der Waals surface area (Å²) >= 11 is 0. The average molecular weight is 444 g/mol. The van der Waals surface area contributed by atoms with Crippen LogP contribution in [0.1, 0.15) is 44.1 Å². The molecule has 4 heterocycles. The van der Waals surface area contributed by atoms with E-state index in [1.54, 1.807) is 23.1 Å². The lowest BCUT2D eigenvalue weighted by Crippen LogP contribution is -2.44. The number of halogens is 4. The van der Waals surface area contributed by atoms with Gasteiger partial charge < -0.3 is 5.32 Å². The first kappa shape index (κ1) is 19.6. The van der Waals surface area contributed by atoms with Crippen molar-refractivity contribution in [2.75, 3.05) is 5.32 Å². The van der Waals surface area contributed by atoms with Gasteiger partial charge in [0.2, 0.25) is 11.9 Å². The maximum absolute atomic E-state index is 13.5. The van der Waals surface area contributed by atoms with Gasteiger partial charge in [0.1, 0.15) is 0 Å². The van der Waals surface area contributed by atoms with Gasteiger partial charge in [-0.05, 0) is 25.0 Å². The highest BCUT2D eigenvalue weighted by atomic mass is 19.3. The molecule has 0 bridgehead atoms. The molecule has 2 fully saturated rings. The van der Waals surface area contributed by atoms with Crippen LogP contribution in [0.2, 0.25) is 0 Å². The molecule has 6 nitrogen and oxygen atoms in total. The largest absolute Gasteiger partial charge is 0.350 e. The van der Waals surface area contributed by atoms with E-state index in [0.29, 0.717) is 11.8 Å². The maximum Gasteiger partial charge on any atom is 0.252 e. The van der Waals surface area contributed by atoms with Crippen LogP contribution in [-0.4, -0.2) is 43.2 Å². The van der Waals surface area contributed by atoms with Crippen molar-refractivity contribution < 1.29 is 17.6 Å². The molecule has 6 rings (SSSR count). The number of pyridine rings is 1. The Morgan fingerprint density at radius 2 is 1.78 bits per heavy atom. The SMILES string of the molecule is CC1=Nc2ncc(-c3ccn4nc(NC5CC(F)(F)C5)ncc34)cc2C1C1CC(F)(F)C1. The molecule has 3 aromatic heterocycles. The summed E-state index contributed by atoms with van der Waals surface area (Å²) in [6.07, 6.45) is 4.43. The summed E-state index contributed by atoms with van der Waals surface area (Å²) in [5.41, 5.74) is 4.12. The van der Waals surface area contributed by atoms with E-state index in [9.17, 15) is 17.6 Å². The molecule has 3 aromatic rings. The van der Waals surface area contributed by atoms with Crippen LogP contribution in [0.5, 0.6) is 0 Å². The van der Waals surface area contributed by atoms with Crippen molar-refractivity contribution >= 4 is 23.0 Å². The van der Waals surface area contributed by atoms with Gasteiger partial charge in [-0.1, -0.05) is 0 Å². The molecule has 0 radical (unpaired) electrons. The Labute approximate surface area is 180 Å². The van der Waals surface area contributed by atoms with Crippen LogP contribution in [0, 0.1) is 5.92 Å². The highest BCUT2D eigenvalue weighted by Gasteiger charge is 2.51. The summed E-state index contributed by atoms with van der Waals surface area (Å²) in [5, 5.41) is 7.32. The number of aromatic nitrogens is 4. The standard InChI is InChI=1S/C22H20F4N6/c1-11-18(13-5-21(23,24)6-13)16-4-12(9-27-19(16)29-11)15-2-3-32-17(15)10-28-20(31-32)30-14-7-22(25,26)8-14/h2-4,9-10,13-14,18H,5-8H2,1H3,(H,30,31). The van der Waals surface area contributed by atoms with Crippen LogP contribution < -0.4 is 5.32 Å². The lowest BCUT2D eigenvalue weighted by Gasteiger charge is -2.39. The third-order valence-corrected chi connectivity index (χ3v) is 6.71. The molecule has 1 atom stereocenters. The van der Waals surface area contributed by atoms with E-state index in [0.717, 1.165) is 27.9 Å². The van der Waals surface area contributed by atoms with E-state index < -0.39 is 11.8 Å². The predicted molar refractivity (Wildman–Crippen MR) is 111 cm³/mol. The Hall–Kier alpha value is -3.04. The maximum atomic E-state index is 13.5. The van der Waals surface area contributed by atoms with Gasteiger partial charge in [0.15, 0.2) is 5.82 Å². The predicted octanol–water partition coefficient (Wildman–Crippen LogP) is 5.24. The van der Waals surface area contributed by atoms with Crippen molar-refractivity contribution in [1.29, 1.82) is 0 Å². The van der Waals surface area contributed by atoms with E-state index in [4.69, 9.17) is 0 Å². The first-order chi connectivity index (χ1) is 15.2. The number of rotatable bonds is 4. The molecular formula is C22H20F4N6. The molecule has 0 aromatic carbocycles. The summed E-state index contributed by atoms with van der Waals surface area (Å²) in [7, 11) is 0. The quantitative estimate of drug-likeness (QED) is 0.559. The highest BCUT2D eigenvalue weighted by Crippen LogP contribution is 2.53. The van der Waals surface area contributed by atoms with Crippen molar-refractivity contribution in [2.24, 2.45) is 10.9 Å². The zero-order valence-corrected chi connectivity index (χ0v) is 17.2. The molecule has 0 amide bonds. The van der Waals surface area contributed by atoms with Gasteiger partial charge in [-0.3, -0.25) is 0 Å². The van der Waals surface area contributed by atoms with Crippen molar-refractivity contribution in [3.05, 3.63) is 36.3 Å². The van der Waals surface area contributed by atoms with Crippen molar-refractivity contribution in [1.82, 2.24) is 19.6 Å². The molecule has 0 spiro atoms. The third kappa shape index (κ3) is 3.15. The molecular weight excluding hydrogens is 424 g/mol. The number of hydrogen-bond acceptors (Lipinski definition) is 5. The minimum atomic E-state index is -2.61. The number of hydrogen-bond donors (Lipinski definition) is 1. The normalized spacial score (nSPS) is 24.0. The second-order valence-electron chi connectivity index (χ2n) is 9.14. The number of nitrogens with zero attached hydrogens (tertiary/aromatic N) is 5. The molecule has 3 aliphatic rings. The fraction of sp³-hybridized carbons (Fsp3) is 0.455. The Morgan fingerprint density at radius 1 is 1.03 bits per heavy atom. The van der Waals surface area contributed by atoms with Crippen LogP contribution in [-0.2, 0) is 0 Å². The fourth-order valence-electron chi connectivity index (χ4n) is 5.10. The van der Waals surface area contributed by atoms with E-state index in [2.05, 4.69) is 25.4 Å². The summed E-state index contributed by atoms with van der Waals surface area (Å²) in [6, 6.07) is 3.52. The number of anilines is 1. The number of nitrogens with one attached hydrogen (secondary N) is 1. The van der Waals surface area contributed by atoms with Gasteiger partial charge in [-0.15, -0.1) is 5.10 Å². The lowest BCUT2D eigenvalue weighted by molar-refractivity contribution is -0.112.